The molecule has 5 heteroatoms. The van der Waals surface area contributed by atoms with Crippen LogP contribution in [0.3, 0.4) is 0 Å². The normalized spacial score (nSPS) is 24.8. The molecule has 1 heterocycles. The molecule has 3 rings (SSSR count). The number of fused-ring (bicyclic) bond motifs is 1. The van der Waals surface area contributed by atoms with Gasteiger partial charge in [-0.15, -0.1) is 0 Å². The van der Waals surface area contributed by atoms with E-state index in [-0.39, 0.29) is 18.2 Å². The van der Waals surface area contributed by atoms with Crippen LogP contribution in [0.4, 0.5) is 4.79 Å². The van der Waals surface area contributed by atoms with Crippen molar-refractivity contribution in [1.82, 2.24) is 9.80 Å². The minimum Gasteiger partial charge on any atom is -0.444 e. The Morgan fingerprint density at radius 1 is 1.21 bits per heavy atom. The second-order valence-electron chi connectivity index (χ2n) is 7.80. The van der Waals surface area contributed by atoms with Crippen LogP contribution in [0.2, 0.25) is 0 Å². The van der Waals surface area contributed by atoms with E-state index in [9.17, 15) is 9.90 Å². The molecule has 1 fully saturated rings. The number of benzene rings is 1. The van der Waals surface area contributed by atoms with E-state index in [1.54, 1.807) is 4.90 Å². The highest BCUT2D eigenvalue weighted by atomic mass is 16.6. The first-order valence-electron chi connectivity index (χ1n) is 8.78. The van der Waals surface area contributed by atoms with Crippen molar-refractivity contribution in [3.63, 3.8) is 0 Å². The van der Waals surface area contributed by atoms with E-state index in [0.717, 1.165) is 25.9 Å². The summed E-state index contributed by atoms with van der Waals surface area (Å²) in [6, 6.07) is 8.40. The van der Waals surface area contributed by atoms with Crippen molar-refractivity contribution in [1.29, 1.82) is 0 Å². The van der Waals surface area contributed by atoms with Gasteiger partial charge in [0.2, 0.25) is 0 Å². The summed E-state index contributed by atoms with van der Waals surface area (Å²) in [5.74, 6) is 0. The Bertz CT molecular complexity index is 603. The van der Waals surface area contributed by atoms with E-state index in [0.29, 0.717) is 13.1 Å². The Hall–Kier alpha value is -1.59. The van der Waals surface area contributed by atoms with Gasteiger partial charge < -0.3 is 14.7 Å². The third kappa shape index (κ3) is 3.15. The first-order valence-corrected chi connectivity index (χ1v) is 8.78. The molecular weight excluding hydrogens is 304 g/mol. The summed E-state index contributed by atoms with van der Waals surface area (Å²) < 4.78 is 5.46. The molecule has 1 aromatic carbocycles. The Morgan fingerprint density at radius 3 is 2.50 bits per heavy atom. The van der Waals surface area contributed by atoms with Gasteiger partial charge in [-0.1, -0.05) is 24.3 Å². The van der Waals surface area contributed by atoms with Gasteiger partial charge in [0, 0.05) is 26.2 Å². The molecule has 5 nitrogen and oxygen atoms in total. The highest BCUT2D eigenvalue weighted by Crippen LogP contribution is 2.41. The molecular formula is C19H28N2O3. The van der Waals surface area contributed by atoms with Gasteiger partial charge in [-0.05, 0) is 44.7 Å². The lowest BCUT2D eigenvalue weighted by molar-refractivity contribution is -0.0217. The van der Waals surface area contributed by atoms with E-state index < -0.39 is 5.60 Å². The summed E-state index contributed by atoms with van der Waals surface area (Å²) in [7, 11) is 0. The maximum atomic E-state index is 12.2. The Kier molecular flexibility index (Phi) is 4.58. The third-order valence-electron chi connectivity index (χ3n) is 5.12. The molecule has 1 N–H and O–H groups in total. The van der Waals surface area contributed by atoms with E-state index in [2.05, 4.69) is 23.1 Å². The van der Waals surface area contributed by atoms with Crippen LogP contribution in [0, 0.1) is 0 Å². The predicted octanol–water partition coefficient (Wildman–Crippen LogP) is 2.37. The molecule has 0 aromatic heterocycles. The van der Waals surface area contributed by atoms with Gasteiger partial charge in [-0.3, -0.25) is 4.90 Å². The summed E-state index contributed by atoms with van der Waals surface area (Å²) in [4.78, 5) is 16.3. The minimum atomic E-state index is -0.467. The monoisotopic (exact) mass is 332 g/mol. The topological polar surface area (TPSA) is 53.0 Å². The highest BCUT2D eigenvalue weighted by molar-refractivity contribution is 5.68. The largest absolute Gasteiger partial charge is 0.444 e. The lowest BCUT2D eigenvalue weighted by Gasteiger charge is -2.45. The molecule has 0 bridgehead atoms. The van der Waals surface area contributed by atoms with Crippen molar-refractivity contribution in [2.45, 2.75) is 44.8 Å². The second-order valence-corrected chi connectivity index (χ2v) is 7.80. The fourth-order valence-electron chi connectivity index (χ4n) is 3.90. The molecule has 0 saturated carbocycles. The van der Waals surface area contributed by atoms with Gasteiger partial charge in [0.1, 0.15) is 5.60 Å². The fourth-order valence-corrected chi connectivity index (χ4v) is 3.90. The van der Waals surface area contributed by atoms with Crippen LogP contribution in [0.1, 0.15) is 38.3 Å². The van der Waals surface area contributed by atoms with Gasteiger partial charge in [0.15, 0.2) is 0 Å². The molecule has 1 aromatic rings. The SMILES string of the molecule is CC(C)(C)OC(=O)N1CCN([C@]2(CO)CCc3ccccc32)CC1. The molecule has 1 aliphatic carbocycles. The zero-order valence-electron chi connectivity index (χ0n) is 14.9. The van der Waals surface area contributed by atoms with Crippen LogP contribution in [0.25, 0.3) is 0 Å². The van der Waals surface area contributed by atoms with Crippen LogP contribution in [-0.4, -0.2) is 59.4 Å². The smallest absolute Gasteiger partial charge is 0.410 e. The summed E-state index contributed by atoms with van der Waals surface area (Å²) in [5, 5.41) is 10.2. The maximum absolute atomic E-state index is 12.2. The van der Waals surface area contributed by atoms with Crippen molar-refractivity contribution in [3.8, 4) is 0 Å². The predicted molar refractivity (Wildman–Crippen MR) is 92.9 cm³/mol. The number of amides is 1. The van der Waals surface area contributed by atoms with Gasteiger partial charge in [0.25, 0.3) is 0 Å². The van der Waals surface area contributed by atoms with Crippen molar-refractivity contribution < 1.29 is 14.6 Å². The standard InChI is InChI=1S/C19H28N2O3/c1-18(2,3)24-17(23)20-10-12-21(13-11-20)19(14-22)9-8-15-6-4-5-7-16(15)19/h4-7,22H,8-14H2,1-3H3/t19-/m0/s1. The van der Waals surface area contributed by atoms with E-state index in [1.165, 1.54) is 11.1 Å². The highest BCUT2D eigenvalue weighted by Gasteiger charge is 2.44. The molecule has 132 valence electrons. The minimum absolute atomic E-state index is 0.121. The first-order chi connectivity index (χ1) is 11.4. The molecule has 1 amide bonds. The second kappa shape index (κ2) is 6.37. The molecule has 1 saturated heterocycles. The molecule has 24 heavy (non-hydrogen) atoms. The van der Waals surface area contributed by atoms with E-state index in [1.807, 2.05) is 26.8 Å². The van der Waals surface area contributed by atoms with Gasteiger partial charge in [0.05, 0.1) is 12.1 Å². The van der Waals surface area contributed by atoms with Crippen molar-refractivity contribution in [3.05, 3.63) is 35.4 Å². The molecule has 0 unspecified atom stereocenters. The van der Waals surface area contributed by atoms with E-state index >= 15 is 0 Å². The fraction of sp³-hybridized carbons (Fsp3) is 0.632. The number of ether oxygens (including phenoxy) is 1. The Morgan fingerprint density at radius 2 is 1.88 bits per heavy atom. The van der Waals surface area contributed by atoms with Crippen molar-refractivity contribution >= 4 is 6.09 Å². The van der Waals surface area contributed by atoms with Crippen LogP contribution in [-0.2, 0) is 16.7 Å². The average molecular weight is 332 g/mol. The number of carbonyl (C=O) groups excluding carboxylic acids is 1. The van der Waals surface area contributed by atoms with Gasteiger partial charge in [-0.2, -0.15) is 0 Å². The first kappa shape index (κ1) is 17.2. The third-order valence-corrected chi connectivity index (χ3v) is 5.12. The number of nitrogens with zero attached hydrogens (tertiary/aromatic N) is 2. The van der Waals surface area contributed by atoms with Crippen LogP contribution in [0.5, 0.6) is 0 Å². The number of hydrogen-bond donors (Lipinski definition) is 1. The lowest BCUT2D eigenvalue weighted by Crippen LogP contribution is -2.57. The van der Waals surface area contributed by atoms with Gasteiger partial charge in [-0.25, -0.2) is 4.79 Å². The number of carbonyl (C=O) groups is 1. The number of hydrogen-bond acceptors (Lipinski definition) is 4. The van der Waals surface area contributed by atoms with Crippen molar-refractivity contribution in [2.75, 3.05) is 32.8 Å². The number of rotatable bonds is 2. The van der Waals surface area contributed by atoms with Crippen LogP contribution < -0.4 is 0 Å². The molecule has 2 aliphatic rings. The van der Waals surface area contributed by atoms with E-state index in [4.69, 9.17) is 4.74 Å². The Balaban J connectivity index is 1.69. The van der Waals surface area contributed by atoms with Gasteiger partial charge >= 0.3 is 6.09 Å². The number of aliphatic hydroxyl groups excluding tert-OH is 1. The molecule has 0 spiro atoms. The van der Waals surface area contributed by atoms with Crippen LogP contribution in [0.15, 0.2) is 24.3 Å². The summed E-state index contributed by atoms with van der Waals surface area (Å²) >= 11 is 0. The zero-order chi connectivity index (χ0) is 17.4. The number of piperazine rings is 1. The average Bonchev–Trinajstić information content (AvgIpc) is 2.93. The molecule has 1 atom stereocenters. The summed E-state index contributed by atoms with van der Waals surface area (Å²) in [6.07, 6.45) is 1.70. The maximum Gasteiger partial charge on any atom is 0.410 e. The molecule has 1 aliphatic heterocycles. The zero-order valence-corrected chi connectivity index (χ0v) is 14.9. The summed E-state index contributed by atoms with van der Waals surface area (Å²) in [6.45, 7) is 8.57. The number of aliphatic hydroxyl groups is 1. The summed E-state index contributed by atoms with van der Waals surface area (Å²) in [5.41, 5.74) is 1.82. The lowest BCUT2D eigenvalue weighted by atomic mass is 9.90. The quantitative estimate of drug-likeness (QED) is 0.903. The Labute approximate surface area is 144 Å². The number of aryl methyl sites for hydroxylation is 1. The van der Waals surface area contributed by atoms with Crippen molar-refractivity contribution in [2.24, 2.45) is 0 Å². The molecule has 0 radical (unpaired) electrons. The van der Waals surface area contributed by atoms with Crippen LogP contribution >= 0.6 is 0 Å².